The van der Waals surface area contributed by atoms with Crippen molar-refractivity contribution in [2.45, 2.75) is 39.7 Å². The Morgan fingerprint density at radius 3 is 2.61 bits per heavy atom. The van der Waals surface area contributed by atoms with Crippen molar-refractivity contribution in [3.63, 3.8) is 0 Å². The molecule has 0 aromatic carbocycles. The number of nitrogens with one attached hydrogen (secondary N) is 1. The van der Waals surface area contributed by atoms with Crippen molar-refractivity contribution in [3.05, 3.63) is 24.3 Å². The Labute approximate surface area is 202 Å². The molecule has 0 aliphatic carbocycles. The fraction of sp³-hybridized carbons (Fsp3) is 0.714. The molecule has 0 unspecified atom stereocenters. The molecule has 3 heterocycles. The summed E-state index contributed by atoms with van der Waals surface area (Å²) in [6.07, 6.45) is 4.35. The van der Waals surface area contributed by atoms with Crippen molar-refractivity contribution in [2.75, 3.05) is 52.5 Å². The lowest BCUT2D eigenvalue weighted by atomic mass is 9.95. The van der Waals surface area contributed by atoms with Gasteiger partial charge in [-0.15, -0.1) is 34.2 Å². The minimum Gasteiger partial charge on any atom is -0.378 e. The highest BCUT2D eigenvalue weighted by atomic mass is 127. The molecule has 0 spiro atoms. The second kappa shape index (κ2) is 13.0. The predicted octanol–water partition coefficient (Wildman–Crippen LogP) is 1.55. The van der Waals surface area contributed by atoms with Crippen LogP contribution in [-0.4, -0.2) is 88.9 Å². The first-order chi connectivity index (χ1) is 14.6. The van der Waals surface area contributed by atoms with E-state index in [0.717, 1.165) is 75.9 Å². The Morgan fingerprint density at radius 1 is 1.26 bits per heavy atom. The summed E-state index contributed by atoms with van der Waals surface area (Å²) < 4.78 is 7.43. The van der Waals surface area contributed by atoms with Crippen LogP contribution in [0.5, 0.6) is 0 Å². The minimum atomic E-state index is 0. The van der Waals surface area contributed by atoms with Crippen molar-refractivity contribution in [3.8, 4) is 0 Å². The molecular formula is C21H36IN7O2. The molecule has 2 aliphatic rings. The smallest absolute Gasteiger partial charge is 0.225 e. The van der Waals surface area contributed by atoms with E-state index >= 15 is 0 Å². The van der Waals surface area contributed by atoms with Crippen molar-refractivity contribution < 1.29 is 9.53 Å². The van der Waals surface area contributed by atoms with Gasteiger partial charge in [0.15, 0.2) is 5.96 Å². The van der Waals surface area contributed by atoms with E-state index in [1.54, 1.807) is 6.33 Å². The van der Waals surface area contributed by atoms with Gasteiger partial charge in [-0.3, -0.25) is 4.79 Å². The summed E-state index contributed by atoms with van der Waals surface area (Å²) in [4.78, 5) is 21.8. The van der Waals surface area contributed by atoms with Crippen LogP contribution in [0.4, 0.5) is 0 Å². The lowest BCUT2D eigenvalue weighted by Crippen LogP contribution is -2.50. The molecule has 0 radical (unpaired) electrons. The average Bonchev–Trinajstić information content (AvgIpc) is 3.23. The Bertz CT molecular complexity index is 738. The number of carbonyl (C=O) groups is 1. The van der Waals surface area contributed by atoms with Crippen LogP contribution in [0.2, 0.25) is 0 Å². The number of hydrogen-bond acceptors (Lipinski definition) is 5. The van der Waals surface area contributed by atoms with Crippen LogP contribution in [0, 0.1) is 5.92 Å². The number of carbonyl (C=O) groups excluding carboxylic acids is 1. The fourth-order valence-electron chi connectivity index (χ4n) is 3.89. The molecule has 10 heteroatoms. The monoisotopic (exact) mass is 545 g/mol. The standard InChI is InChI=1S/C21H35N7O2.HI/c1-4-19-25-24-16-28(19)10-7-22-21(23-15-17(2)3)27-8-5-18(6-9-27)20(29)26-11-13-30-14-12-26;/h16,18H,2,4-15H2,1,3H3,(H,22,23);1H. The summed E-state index contributed by atoms with van der Waals surface area (Å²) in [5.41, 5.74) is 1.03. The number of hydrogen-bond donors (Lipinski definition) is 1. The van der Waals surface area contributed by atoms with Crippen LogP contribution in [0.1, 0.15) is 32.5 Å². The number of nitrogens with zero attached hydrogens (tertiary/aromatic N) is 6. The maximum atomic E-state index is 12.8. The van der Waals surface area contributed by atoms with Gasteiger partial charge in [0.25, 0.3) is 0 Å². The number of aryl methyl sites for hydroxylation is 1. The molecule has 0 atom stereocenters. The van der Waals surface area contributed by atoms with E-state index in [4.69, 9.17) is 9.73 Å². The van der Waals surface area contributed by atoms with Gasteiger partial charge in [0.05, 0.1) is 19.8 Å². The number of morpholine rings is 1. The number of piperidine rings is 1. The zero-order chi connectivity index (χ0) is 21.3. The van der Waals surface area contributed by atoms with Gasteiger partial charge in [-0.05, 0) is 19.8 Å². The van der Waals surface area contributed by atoms with E-state index in [0.29, 0.717) is 19.8 Å². The molecule has 2 saturated heterocycles. The number of halogens is 1. The first kappa shape index (κ1) is 25.6. The van der Waals surface area contributed by atoms with Crippen molar-refractivity contribution in [2.24, 2.45) is 10.9 Å². The van der Waals surface area contributed by atoms with Gasteiger partial charge < -0.3 is 24.4 Å². The quantitative estimate of drug-likeness (QED) is 0.242. The Kier molecular flexibility index (Phi) is 10.7. The number of aromatic nitrogens is 3. The third-order valence-electron chi connectivity index (χ3n) is 5.61. The highest BCUT2D eigenvalue weighted by molar-refractivity contribution is 14.0. The van der Waals surface area contributed by atoms with E-state index in [9.17, 15) is 4.79 Å². The van der Waals surface area contributed by atoms with Gasteiger partial charge in [0, 0.05) is 51.6 Å². The average molecular weight is 545 g/mol. The molecule has 31 heavy (non-hydrogen) atoms. The topological polar surface area (TPSA) is 87.9 Å². The van der Waals surface area contributed by atoms with Gasteiger partial charge in [-0.1, -0.05) is 19.1 Å². The molecule has 3 rings (SSSR count). The van der Waals surface area contributed by atoms with Crippen LogP contribution in [0.3, 0.4) is 0 Å². The maximum absolute atomic E-state index is 12.8. The number of amides is 1. The van der Waals surface area contributed by atoms with E-state index < -0.39 is 0 Å². The third kappa shape index (κ3) is 7.44. The first-order valence-corrected chi connectivity index (χ1v) is 11.0. The largest absolute Gasteiger partial charge is 0.378 e. The molecule has 0 bridgehead atoms. The summed E-state index contributed by atoms with van der Waals surface area (Å²) in [5.74, 6) is 2.26. The van der Waals surface area contributed by atoms with Crippen LogP contribution in [0.15, 0.2) is 23.5 Å². The Morgan fingerprint density at radius 2 is 1.97 bits per heavy atom. The second-order valence-electron chi connectivity index (χ2n) is 8.02. The normalized spacial score (nSPS) is 17.9. The predicted molar refractivity (Wildman–Crippen MR) is 132 cm³/mol. The number of aliphatic imine (C=N–C) groups is 1. The number of likely N-dealkylation sites (tertiary alicyclic amines) is 1. The molecule has 2 fully saturated rings. The first-order valence-electron chi connectivity index (χ1n) is 11.0. The molecule has 1 aromatic heterocycles. The van der Waals surface area contributed by atoms with Gasteiger partial charge in [-0.25, -0.2) is 4.99 Å². The maximum Gasteiger partial charge on any atom is 0.225 e. The molecule has 0 saturated carbocycles. The van der Waals surface area contributed by atoms with E-state index in [2.05, 4.69) is 38.5 Å². The van der Waals surface area contributed by atoms with E-state index in [-0.39, 0.29) is 35.8 Å². The molecule has 1 amide bonds. The van der Waals surface area contributed by atoms with E-state index in [1.165, 1.54) is 0 Å². The fourth-order valence-corrected chi connectivity index (χ4v) is 3.89. The summed E-state index contributed by atoms with van der Waals surface area (Å²) in [7, 11) is 0. The van der Waals surface area contributed by atoms with Gasteiger partial charge in [0.2, 0.25) is 5.91 Å². The number of rotatable bonds is 7. The van der Waals surface area contributed by atoms with Crippen LogP contribution < -0.4 is 5.32 Å². The Hall–Kier alpha value is -1.69. The summed E-state index contributed by atoms with van der Waals surface area (Å²) >= 11 is 0. The molecule has 2 aliphatic heterocycles. The number of guanidine groups is 1. The highest BCUT2D eigenvalue weighted by Gasteiger charge is 2.30. The van der Waals surface area contributed by atoms with Crippen molar-refractivity contribution in [1.82, 2.24) is 29.9 Å². The van der Waals surface area contributed by atoms with Crippen LogP contribution in [-0.2, 0) is 22.5 Å². The van der Waals surface area contributed by atoms with E-state index in [1.807, 2.05) is 11.8 Å². The zero-order valence-corrected chi connectivity index (χ0v) is 21.1. The van der Waals surface area contributed by atoms with Crippen LogP contribution in [0.25, 0.3) is 0 Å². The molecule has 1 N–H and O–H groups in total. The lowest BCUT2D eigenvalue weighted by molar-refractivity contribution is -0.140. The molecule has 9 nitrogen and oxygen atoms in total. The lowest BCUT2D eigenvalue weighted by Gasteiger charge is -2.36. The molecule has 1 aromatic rings. The third-order valence-corrected chi connectivity index (χ3v) is 5.61. The minimum absolute atomic E-state index is 0. The Balaban J connectivity index is 0.00000341. The second-order valence-corrected chi connectivity index (χ2v) is 8.02. The number of ether oxygens (including phenoxy) is 1. The van der Waals surface area contributed by atoms with Gasteiger partial charge in [-0.2, -0.15) is 0 Å². The van der Waals surface area contributed by atoms with Gasteiger partial charge >= 0.3 is 0 Å². The van der Waals surface area contributed by atoms with Crippen LogP contribution >= 0.6 is 24.0 Å². The molecular weight excluding hydrogens is 509 g/mol. The molecule has 174 valence electrons. The van der Waals surface area contributed by atoms with Crippen molar-refractivity contribution >= 4 is 35.8 Å². The summed E-state index contributed by atoms with van der Waals surface area (Å²) in [6.45, 7) is 14.6. The summed E-state index contributed by atoms with van der Waals surface area (Å²) in [6, 6.07) is 0. The SMILES string of the molecule is C=C(C)CN=C(NCCn1cnnc1CC)N1CCC(C(=O)N2CCOCC2)CC1.I. The van der Waals surface area contributed by atoms with Gasteiger partial charge in [0.1, 0.15) is 12.2 Å². The van der Waals surface area contributed by atoms with Crippen molar-refractivity contribution in [1.29, 1.82) is 0 Å². The zero-order valence-electron chi connectivity index (χ0n) is 18.8. The summed E-state index contributed by atoms with van der Waals surface area (Å²) in [5, 5.41) is 11.6. The highest BCUT2D eigenvalue weighted by Crippen LogP contribution is 2.20.